The van der Waals surface area contributed by atoms with Gasteiger partial charge in [0, 0.05) is 38.7 Å². The molecule has 0 atom stereocenters. The van der Waals surface area contributed by atoms with E-state index in [9.17, 15) is 0 Å². The van der Waals surface area contributed by atoms with Crippen molar-refractivity contribution >= 4 is 45.1 Å². The van der Waals surface area contributed by atoms with Crippen LogP contribution in [0.1, 0.15) is 0 Å². The normalized spacial score (nSPS) is 10.7. The van der Waals surface area contributed by atoms with Gasteiger partial charge in [-0.15, -0.1) is 0 Å². The van der Waals surface area contributed by atoms with Crippen molar-refractivity contribution in [3.63, 3.8) is 0 Å². The molecule has 0 aliphatic rings. The molecule has 0 radical (unpaired) electrons. The molecule has 3 heteroatoms. The van der Waals surface area contributed by atoms with Crippen LogP contribution in [0.3, 0.4) is 0 Å². The Morgan fingerprint density at radius 1 is 0.452 bits per heavy atom. The van der Waals surface area contributed by atoms with Crippen LogP contribution in [0.25, 0.3) is 21.9 Å². The lowest BCUT2D eigenvalue weighted by Crippen LogP contribution is -1.99. The molecule has 2 N–H and O–H groups in total. The van der Waals surface area contributed by atoms with Gasteiger partial charge in [-0.2, -0.15) is 0 Å². The first-order chi connectivity index (χ1) is 15.3. The standard InChI is InChI=1S/C28H21ClN2/c29-25-17-8-14-22-23(25)15-7-16-24(22)28-26(30-20-10-3-1-4-11-20)18-9-19-27(28)31-21-12-5-2-6-13-21/h1-19,30-31H. The third-order valence-corrected chi connectivity index (χ3v) is 5.64. The maximum absolute atomic E-state index is 6.52. The number of benzene rings is 5. The Kier molecular flexibility index (Phi) is 5.30. The van der Waals surface area contributed by atoms with E-state index in [0.29, 0.717) is 0 Å². The van der Waals surface area contributed by atoms with Gasteiger partial charge in [-0.05, 0) is 53.4 Å². The molecular formula is C28H21ClN2. The minimum Gasteiger partial charge on any atom is -0.355 e. The number of rotatable bonds is 5. The highest BCUT2D eigenvalue weighted by molar-refractivity contribution is 6.36. The van der Waals surface area contributed by atoms with Crippen molar-refractivity contribution < 1.29 is 0 Å². The first-order valence-corrected chi connectivity index (χ1v) is 10.6. The number of halogens is 1. The van der Waals surface area contributed by atoms with E-state index in [1.165, 1.54) is 0 Å². The lowest BCUT2D eigenvalue weighted by atomic mass is 9.95. The Labute approximate surface area is 187 Å². The number of hydrogen-bond acceptors (Lipinski definition) is 2. The van der Waals surface area contributed by atoms with E-state index in [0.717, 1.165) is 49.7 Å². The van der Waals surface area contributed by atoms with E-state index in [1.807, 2.05) is 48.5 Å². The van der Waals surface area contributed by atoms with Gasteiger partial charge in [-0.3, -0.25) is 0 Å². The predicted octanol–water partition coefficient (Wildman–Crippen LogP) is 8.65. The molecule has 0 saturated carbocycles. The Morgan fingerprint density at radius 2 is 0.968 bits per heavy atom. The van der Waals surface area contributed by atoms with E-state index in [1.54, 1.807) is 0 Å². The topological polar surface area (TPSA) is 24.1 Å². The second kappa shape index (κ2) is 8.55. The molecule has 5 aromatic carbocycles. The number of fused-ring (bicyclic) bond motifs is 1. The van der Waals surface area contributed by atoms with E-state index in [4.69, 9.17) is 11.6 Å². The highest BCUT2D eigenvalue weighted by Crippen LogP contribution is 2.42. The van der Waals surface area contributed by atoms with Crippen LogP contribution in [0.2, 0.25) is 5.02 Å². The maximum atomic E-state index is 6.52. The van der Waals surface area contributed by atoms with Gasteiger partial charge < -0.3 is 10.6 Å². The van der Waals surface area contributed by atoms with Gasteiger partial charge in [-0.25, -0.2) is 0 Å². The zero-order chi connectivity index (χ0) is 21.0. The molecule has 0 amide bonds. The Hall–Kier alpha value is -3.75. The lowest BCUT2D eigenvalue weighted by molar-refractivity contribution is 1.51. The summed E-state index contributed by atoms with van der Waals surface area (Å²) in [6.45, 7) is 0. The summed E-state index contributed by atoms with van der Waals surface area (Å²) in [6.07, 6.45) is 0. The number of nitrogens with one attached hydrogen (secondary N) is 2. The van der Waals surface area contributed by atoms with Crippen LogP contribution in [0.5, 0.6) is 0 Å². The molecule has 0 aliphatic carbocycles. The highest BCUT2D eigenvalue weighted by atomic mass is 35.5. The molecule has 0 spiro atoms. The van der Waals surface area contributed by atoms with Gasteiger partial charge in [0.25, 0.3) is 0 Å². The zero-order valence-corrected chi connectivity index (χ0v) is 17.6. The fraction of sp³-hybridized carbons (Fsp3) is 0. The van der Waals surface area contributed by atoms with Gasteiger partial charge in [0.15, 0.2) is 0 Å². The Balaban J connectivity index is 1.72. The third-order valence-electron chi connectivity index (χ3n) is 5.31. The van der Waals surface area contributed by atoms with Crippen LogP contribution in [0.15, 0.2) is 115 Å². The predicted molar refractivity (Wildman–Crippen MR) is 134 cm³/mol. The fourth-order valence-corrected chi connectivity index (χ4v) is 4.13. The van der Waals surface area contributed by atoms with Crippen molar-refractivity contribution in [1.82, 2.24) is 0 Å². The van der Waals surface area contributed by atoms with E-state index < -0.39 is 0 Å². The molecule has 31 heavy (non-hydrogen) atoms. The molecular weight excluding hydrogens is 400 g/mol. The lowest BCUT2D eigenvalue weighted by Gasteiger charge is -2.19. The smallest absolute Gasteiger partial charge is 0.0485 e. The molecule has 0 heterocycles. The minimum absolute atomic E-state index is 0.755. The second-order valence-electron chi connectivity index (χ2n) is 7.35. The van der Waals surface area contributed by atoms with Crippen molar-refractivity contribution in [3.05, 3.63) is 120 Å². The average Bonchev–Trinajstić information content (AvgIpc) is 2.81. The fourth-order valence-electron chi connectivity index (χ4n) is 3.89. The first kappa shape index (κ1) is 19.2. The van der Waals surface area contributed by atoms with Crippen molar-refractivity contribution in [2.24, 2.45) is 0 Å². The SMILES string of the molecule is Clc1cccc2c(-c3c(Nc4ccccc4)cccc3Nc3ccccc3)cccc12. The zero-order valence-electron chi connectivity index (χ0n) is 16.8. The third kappa shape index (κ3) is 3.98. The molecule has 2 nitrogen and oxygen atoms in total. The summed E-state index contributed by atoms with van der Waals surface area (Å²) in [5, 5.41) is 10.1. The van der Waals surface area contributed by atoms with Gasteiger partial charge in [-0.1, -0.05) is 84.4 Å². The average molecular weight is 421 g/mol. The molecule has 5 rings (SSSR count). The maximum Gasteiger partial charge on any atom is 0.0485 e. The summed E-state index contributed by atoms with van der Waals surface area (Å²) in [7, 11) is 0. The van der Waals surface area contributed by atoms with Crippen molar-refractivity contribution in [1.29, 1.82) is 0 Å². The number of para-hydroxylation sites is 2. The van der Waals surface area contributed by atoms with Crippen LogP contribution in [0.4, 0.5) is 22.7 Å². The molecule has 5 aromatic rings. The summed E-state index contributed by atoms with van der Waals surface area (Å²) < 4.78 is 0. The summed E-state index contributed by atoms with van der Waals surface area (Å²) >= 11 is 6.52. The van der Waals surface area contributed by atoms with Crippen LogP contribution in [-0.4, -0.2) is 0 Å². The molecule has 150 valence electrons. The van der Waals surface area contributed by atoms with Crippen molar-refractivity contribution in [2.75, 3.05) is 10.6 Å². The van der Waals surface area contributed by atoms with Gasteiger partial charge in [0.1, 0.15) is 0 Å². The van der Waals surface area contributed by atoms with Crippen molar-refractivity contribution in [2.45, 2.75) is 0 Å². The largest absolute Gasteiger partial charge is 0.355 e. The Morgan fingerprint density at radius 3 is 1.58 bits per heavy atom. The highest BCUT2D eigenvalue weighted by Gasteiger charge is 2.15. The van der Waals surface area contributed by atoms with Crippen LogP contribution in [-0.2, 0) is 0 Å². The number of anilines is 4. The Bertz CT molecular complexity index is 1270. The van der Waals surface area contributed by atoms with E-state index >= 15 is 0 Å². The molecule has 0 bridgehead atoms. The van der Waals surface area contributed by atoms with Gasteiger partial charge in [0.05, 0.1) is 0 Å². The van der Waals surface area contributed by atoms with Crippen LogP contribution in [0, 0.1) is 0 Å². The number of hydrogen-bond donors (Lipinski definition) is 2. The van der Waals surface area contributed by atoms with Gasteiger partial charge in [0.2, 0.25) is 0 Å². The van der Waals surface area contributed by atoms with E-state index in [-0.39, 0.29) is 0 Å². The summed E-state index contributed by atoms with van der Waals surface area (Å²) in [4.78, 5) is 0. The van der Waals surface area contributed by atoms with Crippen LogP contribution < -0.4 is 10.6 Å². The van der Waals surface area contributed by atoms with Crippen molar-refractivity contribution in [3.8, 4) is 11.1 Å². The second-order valence-corrected chi connectivity index (χ2v) is 7.76. The molecule has 0 unspecified atom stereocenters. The molecule has 0 saturated heterocycles. The molecule has 0 aliphatic heterocycles. The summed E-state index contributed by atoms with van der Waals surface area (Å²) in [6, 6.07) is 39.1. The first-order valence-electron chi connectivity index (χ1n) is 10.2. The molecule has 0 fully saturated rings. The van der Waals surface area contributed by atoms with Gasteiger partial charge >= 0.3 is 0 Å². The summed E-state index contributed by atoms with van der Waals surface area (Å²) in [5.41, 5.74) is 6.36. The van der Waals surface area contributed by atoms with Crippen LogP contribution >= 0.6 is 11.6 Å². The quantitative estimate of drug-likeness (QED) is 0.297. The van der Waals surface area contributed by atoms with E-state index in [2.05, 4.69) is 77.4 Å². The minimum atomic E-state index is 0.755. The summed E-state index contributed by atoms with van der Waals surface area (Å²) in [5.74, 6) is 0. The monoisotopic (exact) mass is 420 g/mol. The molecule has 0 aromatic heterocycles.